The zero-order valence-corrected chi connectivity index (χ0v) is 13.8. The lowest BCUT2D eigenvalue weighted by Crippen LogP contribution is -2.46. The van der Waals surface area contributed by atoms with Crippen LogP contribution in [-0.4, -0.2) is 59.3 Å². The Kier molecular flexibility index (Phi) is 4.35. The molecular formula is C17H24N4O2. The molecule has 1 N–H and O–H groups in total. The molecule has 2 atom stereocenters. The maximum atomic E-state index is 13.1. The van der Waals surface area contributed by atoms with Gasteiger partial charge in [-0.25, -0.2) is 0 Å². The summed E-state index contributed by atoms with van der Waals surface area (Å²) in [7, 11) is 2.08. The van der Waals surface area contributed by atoms with Crippen LogP contribution in [0.25, 0.3) is 0 Å². The van der Waals surface area contributed by atoms with E-state index in [0.29, 0.717) is 13.0 Å². The molecule has 2 fully saturated rings. The van der Waals surface area contributed by atoms with Gasteiger partial charge < -0.3 is 15.1 Å². The Bertz CT molecular complexity index is 592. The Hall–Kier alpha value is -1.95. The van der Waals surface area contributed by atoms with Crippen LogP contribution in [0.1, 0.15) is 26.2 Å². The number of fused-ring (bicyclic) bond motifs is 1. The minimum Gasteiger partial charge on any atom is -0.343 e. The molecule has 2 saturated heterocycles. The molecule has 0 saturated carbocycles. The van der Waals surface area contributed by atoms with Gasteiger partial charge >= 0.3 is 0 Å². The predicted molar refractivity (Wildman–Crippen MR) is 87.8 cm³/mol. The third kappa shape index (κ3) is 2.95. The lowest BCUT2D eigenvalue weighted by atomic mass is 9.75. The van der Waals surface area contributed by atoms with Crippen LogP contribution < -0.4 is 5.32 Å². The summed E-state index contributed by atoms with van der Waals surface area (Å²) in [6, 6.07) is 3.85. The molecule has 1 aromatic rings. The number of rotatable bonds is 2. The number of amides is 2. The van der Waals surface area contributed by atoms with E-state index in [0.717, 1.165) is 31.6 Å². The van der Waals surface area contributed by atoms with E-state index in [1.807, 2.05) is 17.0 Å². The molecule has 1 aromatic heterocycles. The third-order valence-electron chi connectivity index (χ3n) is 5.40. The van der Waals surface area contributed by atoms with Crippen LogP contribution in [0.3, 0.4) is 0 Å². The fourth-order valence-corrected chi connectivity index (χ4v) is 4.02. The van der Waals surface area contributed by atoms with Crippen molar-refractivity contribution in [3.63, 3.8) is 0 Å². The molecular weight excluding hydrogens is 292 g/mol. The number of aromatic nitrogens is 1. The maximum Gasteiger partial charge on any atom is 0.232 e. The van der Waals surface area contributed by atoms with Crippen molar-refractivity contribution in [3.05, 3.63) is 24.5 Å². The molecule has 0 radical (unpaired) electrons. The van der Waals surface area contributed by atoms with E-state index in [2.05, 4.69) is 22.2 Å². The Labute approximate surface area is 136 Å². The highest BCUT2D eigenvalue weighted by molar-refractivity contribution is 5.96. The van der Waals surface area contributed by atoms with Crippen LogP contribution in [0.4, 0.5) is 5.69 Å². The average Bonchev–Trinajstić information content (AvgIpc) is 2.74. The molecule has 0 aliphatic carbocycles. The zero-order valence-electron chi connectivity index (χ0n) is 13.8. The van der Waals surface area contributed by atoms with Gasteiger partial charge in [0.2, 0.25) is 11.8 Å². The smallest absolute Gasteiger partial charge is 0.232 e. The van der Waals surface area contributed by atoms with Crippen LogP contribution in [0.5, 0.6) is 0 Å². The number of likely N-dealkylation sites (tertiary alicyclic amines) is 2. The maximum absolute atomic E-state index is 13.1. The van der Waals surface area contributed by atoms with Gasteiger partial charge in [-0.3, -0.25) is 14.6 Å². The summed E-state index contributed by atoms with van der Waals surface area (Å²) >= 11 is 0. The SMILES string of the molecule is CC(=O)N1CC[C@H]2N(C)CC[C@@]2(C(=O)Nc2cccnc2)CC1. The second-order valence-electron chi connectivity index (χ2n) is 6.64. The molecule has 2 aliphatic rings. The first kappa shape index (κ1) is 15.9. The summed E-state index contributed by atoms with van der Waals surface area (Å²) in [4.78, 5) is 33.0. The summed E-state index contributed by atoms with van der Waals surface area (Å²) in [5.74, 6) is 0.153. The van der Waals surface area contributed by atoms with Crippen molar-refractivity contribution in [2.45, 2.75) is 32.2 Å². The number of anilines is 1. The average molecular weight is 316 g/mol. The molecule has 124 valence electrons. The van der Waals surface area contributed by atoms with Gasteiger partial charge in [0, 0.05) is 32.3 Å². The lowest BCUT2D eigenvalue weighted by Gasteiger charge is -2.34. The number of nitrogens with zero attached hydrogens (tertiary/aromatic N) is 3. The fourth-order valence-electron chi connectivity index (χ4n) is 4.02. The molecule has 0 unspecified atom stereocenters. The van der Waals surface area contributed by atoms with Crippen LogP contribution in [-0.2, 0) is 9.59 Å². The van der Waals surface area contributed by atoms with Crippen molar-refractivity contribution in [3.8, 4) is 0 Å². The molecule has 0 bridgehead atoms. The normalized spacial score (nSPS) is 28.1. The largest absolute Gasteiger partial charge is 0.343 e. The highest BCUT2D eigenvalue weighted by Crippen LogP contribution is 2.43. The highest BCUT2D eigenvalue weighted by Gasteiger charge is 2.52. The zero-order chi connectivity index (χ0) is 16.4. The van der Waals surface area contributed by atoms with Gasteiger partial charge in [-0.15, -0.1) is 0 Å². The lowest BCUT2D eigenvalue weighted by molar-refractivity contribution is -0.130. The second kappa shape index (κ2) is 6.28. The summed E-state index contributed by atoms with van der Waals surface area (Å²) in [6.45, 7) is 3.91. The van der Waals surface area contributed by atoms with Gasteiger partial charge in [-0.05, 0) is 45.0 Å². The van der Waals surface area contributed by atoms with E-state index in [9.17, 15) is 9.59 Å². The molecule has 3 heterocycles. The van der Waals surface area contributed by atoms with Gasteiger partial charge in [0.25, 0.3) is 0 Å². The predicted octanol–water partition coefficient (Wildman–Crippen LogP) is 1.35. The van der Waals surface area contributed by atoms with Crippen molar-refractivity contribution in [2.75, 3.05) is 32.0 Å². The summed E-state index contributed by atoms with van der Waals surface area (Å²) in [5.41, 5.74) is 0.308. The summed E-state index contributed by atoms with van der Waals surface area (Å²) in [6.07, 6.45) is 5.76. The molecule has 6 nitrogen and oxygen atoms in total. The van der Waals surface area contributed by atoms with Crippen molar-refractivity contribution in [1.29, 1.82) is 0 Å². The van der Waals surface area contributed by atoms with Gasteiger partial charge in [-0.1, -0.05) is 0 Å². The quantitative estimate of drug-likeness (QED) is 0.894. The van der Waals surface area contributed by atoms with E-state index in [1.165, 1.54) is 0 Å². The minimum atomic E-state index is -0.422. The summed E-state index contributed by atoms with van der Waals surface area (Å²) in [5, 5.41) is 3.03. The Morgan fingerprint density at radius 1 is 1.30 bits per heavy atom. The number of carbonyl (C=O) groups is 2. The first-order valence-electron chi connectivity index (χ1n) is 8.20. The molecule has 2 aliphatic heterocycles. The number of nitrogens with one attached hydrogen (secondary N) is 1. The Morgan fingerprint density at radius 2 is 2.09 bits per heavy atom. The third-order valence-corrected chi connectivity index (χ3v) is 5.40. The fraction of sp³-hybridized carbons (Fsp3) is 0.588. The van der Waals surface area contributed by atoms with Crippen molar-refractivity contribution >= 4 is 17.5 Å². The topological polar surface area (TPSA) is 65.5 Å². The minimum absolute atomic E-state index is 0.0604. The van der Waals surface area contributed by atoms with E-state index < -0.39 is 5.41 Å². The van der Waals surface area contributed by atoms with Crippen molar-refractivity contribution in [1.82, 2.24) is 14.8 Å². The van der Waals surface area contributed by atoms with Gasteiger partial charge in [-0.2, -0.15) is 0 Å². The van der Waals surface area contributed by atoms with E-state index >= 15 is 0 Å². The number of hydrogen-bond donors (Lipinski definition) is 1. The Balaban J connectivity index is 1.83. The number of hydrogen-bond acceptors (Lipinski definition) is 4. The first-order valence-corrected chi connectivity index (χ1v) is 8.20. The molecule has 3 rings (SSSR count). The molecule has 23 heavy (non-hydrogen) atoms. The second-order valence-corrected chi connectivity index (χ2v) is 6.64. The van der Waals surface area contributed by atoms with E-state index in [-0.39, 0.29) is 17.9 Å². The van der Waals surface area contributed by atoms with E-state index in [4.69, 9.17) is 0 Å². The molecule has 6 heteroatoms. The van der Waals surface area contributed by atoms with Gasteiger partial charge in [0.05, 0.1) is 17.3 Å². The first-order chi connectivity index (χ1) is 11.0. The van der Waals surface area contributed by atoms with E-state index in [1.54, 1.807) is 19.3 Å². The van der Waals surface area contributed by atoms with Crippen LogP contribution in [0.2, 0.25) is 0 Å². The highest BCUT2D eigenvalue weighted by atomic mass is 16.2. The van der Waals surface area contributed by atoms with Gasteiger partial charge in [0.1, 0.15) is 0 Å². The monoisotopic (exact) mass is 316 g/mol. The Morgan fingerprint density at radius 3 is 2.78 bits per heavy atom. The molecule has 0 spiro atoms. The van der Waals surface area contributed by atoms with Gasteiger partial charge in [0.15, 0.2) is 0 Å². The van der Waals surface area contributed by atoms with Crippen LogP contribution >= 0.6 is 0 Å². The molecule has 0 aromatic carbocycles. The summed E-state index contributed by atoms with van der Waals surface area (Å²) < 4.78 is 0. The van der Waals surface area contributed by atoms with Crippen LogP contribution in [0, 0.1) is 5.41 Å². The number of pyridine rings is 1. The standard InChI is InChI=1S/C17H24N4O2/c1-13(22)21-9-5-15-17(7-11-21,6-10-20(15)2)16(23)19-14-4-3-8-18-12-14/h3-4,8,12,15H,5-7,9-11H2,1-2H3,(H,19,23)/t15-,17-/m1/s1. The van der Waals surface area contributed by atoms with Crippen molar-refractivity contribution in [2.24, 2.45) is 5.41 Å². The molecule has 2 amide bonds. The van der Waals surface area contributed by atoms with Crippen molar-refractivity contribution < 1.29 is 9.59 Å². The van der Waals surface area contributed by atoms with Crippen LogP contribution in [0.15, 0.2) is 24.5 Å². The number of carbonyl (C=O) groups excluding carboxylic acids is 2.